The molecule has 1 aliphatic heterocycles. The number of hydrogen-bond donors (Lipinski definition) is 0. The van der Waals surface area contributed by atoms with Crippen LogP contribution in [0.5, 0.6) is 0 Å². The van der Waals surface area contributed by atoms with Crippen LogP contribution in [0.2, 0.25) is 0 Å². The maximum atomic E-state index is 11.0. The second kappa shape index (κ2) is 2.99. The van der Waals surface area contributed by atoms with Gasteiger partial charge >= 0.3 is 0 Å². The van der Waals surface area contributed by atoms with Gasteiger partial charge in [-0.15, -0.1) is 11.8 Å². The quantitative estimate of drug-likeness (QED) is 0.506. The molecule has 0 saturated carbocycles. The van der Waals surface area contributed by atoms with E-state index in [1.54, 1.807) is 0 Å². The number of rotatable bonds is 0. The highest BCUT2D eigenvalue weighted by atomic mass is 32.2. The van der Waals surface area contributed by atoms with E-state index in [9.17, 15) is 4.55 Å². The highest BCUT2D eigenvalue weighted by Crippen LogP contribution is 2.28. The van der Waals surface area contributed by atoms with Crippen LogP contribution in [0.25, 0.3) is 0 Å². The summed E-state index contributed by atoms with van der Waals surface area (Å²) in [7, 11) is 0. The summed E-state index contributed by atoms with van der Waals surface area (Å²) in [4.78, 5) is 2.32. The Morgan fingerprint density at radius 2 is 2.22 bits per heavy atom. The van der Waals surface area contributed by atoms with Crippen molar-refractivity contribution in [1.29, 1.82) is 0 Å². The number of hydrogen-bond acceptors (Lipinski definition) is 2. The van der Waals surface area contributed by atoms with Gasteiger partial charge in [-0.3, -0.25) is 0 Å². The van der Waals surface area contributed by atoms with Crippen LogP contribution >= 0.6 is 11.8 Å². The minimum absolute atomic E-state index is 0.656. The molecule has 0 aliphatic carbocycles. The first kappa shape index (κ1) is 7.51. The average Bonchev–Trinajstić information content (AvgIpc) is 1.83. The molecule has 0 amide bonds. The van der Waals surface area contributed by atoms with Crippen LogP contribution in [-0.2, 0) is 11.2 Å². The Labute approximate surface area is 63.1 Å². The lowest BCUT2D eigenvalue weighted by Gasteiger charge is -2.17. The van der Waals surface area contributed by atoms with E-state index in [1.165, 1.54) is 4.91 Å². The van der Waals surface area contributed by atoms with E-state index in [0.717, 1.165) is 16.4 Å². The lowest BCUT2D eigenvalue weighted by atomic mass is 10.6. The molecule has 3 heteroatoms. The molecule has 9 heavy (non-hydrogen) atoms. The lowest BCUT2D eigenvalue weighted by Crippen LogP contribution is -2.14. The van der Waals surface area contributed by atoms with Crippen LogP contribution in [-0.4, -0.2) is 16.1 Å². The normalized spacial score (nSPS) is 29.0. The van der Waals surface area contributed by atoms with Crippen LogP contribution in [0.1, 0.15) is 13.8 Å². The molecule has 52 valence electrons. The van der Waals surface area contributed by atoms with Crippen molar-refractivity contribution < 1.29 is 4.55 Å². The van der Waals surface area contributed by atoms with Gasteiger partial charge in [0.15, 0.2) is 0 Å². The van der Waals surface area contributed by atoms with Gasteiger partial charge in [0, 0.05) is 17.6 Å². The molecule has 0 N–H and O–H groups in total. The van der Waals surface area contributed by atoms with Crippen LogP contribution in [0.4, 0.5) is 0 Å². The molecule has 0 saturated heterocycles. The summed E-state index contributed by atoms with van der Waals surface area (Å²) < 4.78 is 11.0. The molecule has 0 fully saturated rings. The molecule has 0 bridgehead atoms. The topological polar surface area (TPSA) is 23.1 Å². The van der Waals surface area contributed by atoms with Gasteiger partial charge in [-0.05, 0) is 18.1 Å². The molecule has 0 aromatic rings. The van der Waals surface area contributed by atoms with E-state index in [2.05, 4.69) is 0 Å². The predicted octanol–water partition coefficient (Wildman–Crippen LogP) is 1.73. The van der Waals surface area contributed by atoms with Gasteiger partial charge < -0.3 is 4.55 Å². The number of allylic oxidation sites excluding steroid dienone is 2. The molecule has 0 radical (unpaired) electrons. The van der Waals surface area contributed by atoms with Crippen molar-refractivity contribution in [2.75, 3.05) is 11.5 Å². The molecule has 1 heterocycles. The third kappa shape index (κ3) is 1.66. The van der Waals surface area contributed by atoms with E-state index in [0.29, 0.717) is 0 Å². The van der Waals surface area contributed by atoms with Crippen LogP contribution in [0.15, 0.2) is 9.81 Å². The SMILES string of the molecule is CC1=C(C)[S+]([O-])CCS1. The fourth-order valence-corrected chi connectivity index (χ4v) is 3.22. The molecule has 1 aliphatic rings. The fourth-order valence-electron chi connectivity index (χ4n) is 0.685. The average molecular weight is 162 g/mol. The second-order valence-electron chi connectivity index (χ2n) is 2.01. The zero-order valence-corrected chi connectivity index (χ0v) is 7.27. The van der Waals surface area contributed by atoms with Crippen molar-refractivity contribution >= 4 is 22.9 Å². The Morgan fingerprint density at radius 3 is 2.67 bits per heavy atom. The first-order chi connectivity index (χ1) is 4.22. The Kier molecular flexibility index (Phi) is 2.50. The van der Waals surface area contributed by atoms with Crippen molar-refractivity contribution in [1.82, 2.24) is 0 Å². The third-order valence-electron chi connectivity index (χ3n) is 1.42. The summed E-state index contributed by atoms with van der Waals surface area (Å²) in [6.45, 7) is 3.99. The van der Waals surface area contributed by atoms with Gasteiger partial charge in [0.1, 0.15) is 10.7 Å². The zero-order chi connectivity index (χ0) is 6.85. The molecule has 1 unspecified atom stereocenters. The molecule has 0 spiro atoms. The lowest BCUT2D eigenvalue weighted by molar-refractivity contribution is 0.602. The molecule has 1 rings (SSSR count). The zero-order valence-electron chi connectivity index (χ0n) is 5.64. The maximum Gasteiger partial charge on any atom is 0.135 e. The number of thioether (sulfide) groups is 1. The van der Waals surface area contributed by atoms with Crippen LogP contribution in [0.3, 0.4) is 0 Å². The summed E-state index contributed by atoms with van der Waals surface area (Å²) in [6.07, 6.45) is 0. The van der Waals surface area contributed by atoms with Crippen LogP contribution in [0, 0.1) is 0 Å². The largest absolute Gasteiger partial charge is 0.612 e. The Morgan fingerprint density at radius 1 is 1.56 bits per heavy atom. The minimum atomic E-state index is -0.656. The summed E-state index contributed by atoms with van der Waals surface area (Å²) >= 11 is 1.16. The first-order valence-electron chi connectivity index (χ1n) is 2.90. The highest BCUT2D eigenvalue weighted by molar-refractivity contribution is 8.07. The predicted molar refractivity (Wildman–Crippen MR) is 43.8 cm³/mol. The Balaban J connectivity index is 2.72. The van der Waals surface area contributed by atoms with Gasteiger partial charge in [0.05, 0.1) is 0 Å². The third-order valence-corrected chi connectivity index (χ3v) is 4.52. The van der Waals surface area contributed by atoms with E-state index in [-0.39, 0.29) is 0 Å². The van der Waals surface area contributed by atoms with E-state index in [4.69, 9.17) is 0 Å². The van der Waals surface area contributed by atoms with Gasteiger partial charge in [-0.25, -0.2) is 0 Å². The van der Waals surface area contributed by atoms with Gasteiger partial charge in [-0.1, -0.05) is 0 Å². The maximum absolute atomic E-state index is 11.0. The van der Waals surface area contributed by atoms with Crippen molar-refractivity contribution in [2.24, 2.45) is 0 Å². The van der Waals surface area contributed by atoms with Crippen molar-refractivity contribution in [2.45, 2.75) is 13.8 Å². The van der Waals surface area contributed by atoms with Gasteiger partial charge in [0.25, 0.3) is 0 Å². The van der Waals surface area contributed by atoms with E-state index < -0.39 is 11.2 Å². The summed E-state index contributed by atoms with van der Waals surface area (Å²) in [5.74, 6) is 1.86. The molecular formula is C6H10OS2. The molecule has 0 aromatic carbocycles. The van der Waals surface area contributed by atoms with Crippen molar-refractivity contribution in [3.8, 4) is 0 Å². The molecular weight excluding hydrogens is 152 g/mol. The fraction of sp³-hybridized carbons (Fsp3) is 0.667. The molecule has 0 aromatic heterocycles. The van der Waals surface area contributed by atoms with E-state index in [1.807, 2.05) is 25.6 Å². The standard InChI is InChI=1S/C6H10OS2/c1-5-6(2)9(7)4-3-8-5/h3-4H2,1-2H3. The summed E-state index contributed by atoms with van der Waals surface area (Å²) in [6, 6.07) is 0. The molecule has 1 nitrogen and oxygen atoms in total. The highest BCUT2D eigenvalue weighted by Gasteiger charge is 2.18. The Hall–Kier alpha value is 0.400. The minimum Gasteiger partial charge on any atom is -0.612 e. The summed E-state index contributed by atoms with van der Waals surface area (Å²) in [5.41, 5.74) is 0. The van der Waals surface area contributed by atoms with Crippen molar-refractivity contribution in [3.05, 3.63) is 9.81 Å². The van der Waals surface area contributed by atoms with Crippen LogP contribution < -0.4 is 0 Å². The van der Waals surface area contributed by atoms with Crippen molar-refractivity contribution in [3.63, 3.8) is 0 Å². The second-order valence-corrected chi connectivity index (χ2v) is 5.03. The van der Waals surface area contributed by atoms with Gasteiger partial charge in [-0.2, -0.15) is 0 Å². The van der Waals surface area contributed by atoms with Gasteiger partial charge in [0.2, 0.25) is 0 Å². The smallest absolute Gasteiger partial charge is 0.135 e. The Bertz CT molecular complexity index is 142. The molecule has 1 atom stereocenters. The summed E-state index contributed by atoms with van der Waals surface area (Å²) in [5, 5.41) is 0. The van der Waals surface area contributed by atoms with E-state index >= 15 is 0 Å². The first-order valence-corrected chi connectivity index (χ1v) is 5.21. The monoisotopic (exact) mass is 162 g/mol.